The monoisotopic (exact) mass is 313 g/mol. The van der Waals surface area contributed by atoms with E-state index in [1.807, 2.05) is 0 Å². The van der Waals surface area contributed by atoms with Crippen molar-refractivity contribution in [1.29, 1.82) is 0 Å². The number of rotatable bonds is 4. The van der Waals surface area contributed by atoms with Gasteiger partial charge in [-0.25, -0.2) is 13.6 Å². The molecule has 0 saturated heterocycles. The SMILES string of the molecule is CC1CCCC(CO)(Nc2ccc(S(N)(=O)=O)cc2N)C1. The van der Waals surface area contributed by atoms with E-state index in [4.69, 9.17) is 10.9 Å². The normalized spacial score (nSPS) is 26.5. The zero-order chi connectivity index (χ0) is 15.7. The molecule has 21 heavy (non-hydrogen) atoms. The van der Waals surface area contributed by atoms with Crippen LogP contribution in [-0.4, -0.2) is 25.7 Å². The van der Waals surface area contributed by atoms with Gasteiger partial charge in [0.25, 0.3) is 0 Å². The topological polar surface area (TPSA) is 118 Å². The van der Waals surface area contributed by atoms with Crippen molar-refractivity contribution in [3.8, 4) is 0 Å². The van der Waals surface area contributed by atoms with Gasteiger partial charge in [0.2, 0.25) is 10.0 Å². The number of anilines is 2. The largest absolute Gasteiger partial charge is 0.397 e. The Kier molecular flexibility index (Phi) is 4.46. The Morgan fingerprint density at radius 2 is 2.19 bits per heavy atom. The summed E-state index contributed by atoms with van der Waals surface area (Å²) < 4.78 is 22.6. The second-order valence-corrected chi connectivity index (χ2v) is 7.62. The van der Waals surface area contributed by atoms with E-state index in [1.165, 1.54) is 12.1 Å². The number of nitrogens with one attached hydrogen (secondary N) is 1. The maximum atomic E-state index is 11.3. The van der Waals surface area contributed by atoms with Crippen LogP contribution >= 0.6 is 0 Å². The second kappa shape index (κ2) is 5.82. The molecule has 6 N–H and O–H groups in total. The van der Waals surface area contributed by atoms with Gasteiger partial charge in [-0.2, -0.15) is 0 Å². The Labute approximate surface area is 125 Å². The average molecular weight is 313 g/mol. The maximum absolute atomic E-state index is 11.3. The van der Waals surface area contributed by atoms with E-state index >= 15 is 0 Å². The molecule has 2 rings (SSSR count). The molecule has 1 aliphatic rings. The highest BCUT2D eigenvalue weighted by molar-refractivity contribution is 7.89. The van der Waals surface area contributed by atoms with E-state index < -0.39 is 15.6 Å². The molecule has 2 unspecified atom stereocenters. The minimum absolute atomic E-state index is 0.0133. The third-order valence-corrected chi connectivity index (χ3v) is 5.06. The first kappa shape index (κ1) is 16.1. The first-order chi connectivity index (χ1) is 9.76. The molecule has 0 radical (unpaired) electrons. The third kappa shape index (κ3) is 3.66. The summed E-state index contributed by atoms with van der Waals surface area (Å²) >= 11 is 0. The van der Waals surface area contributed by atoms with Gasteiger partial charge in [-0.1, -0.05) is 19.8 Å². The summed E-state index contributed by atoms with van der Waals surface area (Å²) in [6.45, 7) is 2.19. The molecule has 2 atom stereocenters. The summed E-state index contributed by atoms with van der Waals surface area (Å²) in [7, 11) is -3.76. The number of aliphatic hydroxyl groups excluding tert-OH is 1. The zero-order valence-electron chi connectivity index (χ0n) is 12.2. The van der Waals surface area contributed by atoms with Crippen molar-refractivity contribution >= 4 is 21.4 Å². The van der Waals surface area contributed by atoms with Crippen LogP contribution in [0.2, 0.25) is 0 Å². The van der Waals surface area contributed by atoms with Crippen LogP contribution in [0.4, 0.5) is 11.4 Å². The van der Waals surface area contributed by atoms with Gasteiger partial charge in [0, 0.05) is 0 Å². The molecule has 0 spiro atoms. The molecule has 118 valence electrons. The number of nitrogens with two attached hydrogens (primary N) is 2. The van der Waals surface area contributed by atoms with Crippen LogP contribution in [0.25, 0.3) is 0 Å². The summed E-state index contributed by atoms with van der Waals surface area (Å²) in [6.07, 6.45) is 3.93. The molecule has 0 bridgehead atoms. The lowest BCUT2D eigenvalue weighted by Crippen LogP contribution is -2.46. The Hall–Kier alpha value is -1.31. The van der Waals surface area contributed by atoms with Gasteiger partial charge in [0.15, 0.2) is 0 Å². The molecule has 0 amide bonds. The van der Waals surface area contributed by atoms with Gasteiger partial charge in [-0.3, -0.25) is 0 Å². The lowest BCUT2D eigenvalue weighted by molar-refractivity contribution is 0.149. The summed E-state index contributed by atoms with van der Waals surface area (Å²) in [6, 6.07) is 4.37. The number of nitrogen functional groups attached to an aromatic ring is 1. The van der Waals surface area contributed by atoms with Crippen LogP contribution in [0.15, 0.2) is 23.1 Å². The van der Waals surface area contributed by atoms with Crippen molar-refractivity contribution in [2.24, 2.45) is 11.1 Å². The van der Waals surface area contributed by atoms with Crippen LogP contribution in [0.3, 0.4) is 0 Å². The quantitative estimate of drug-likeness (QED) is 0.624. The minimum atomic E-state index is -3.76. The minimum Gasteiger partial charge on any atom is -0.397 e. The molecule has 1 fully saturated rings. The predicted octanol–water partition coefficient (Wildman–Crippen LogP) is 1.27. The molecule has 1 aromatic rings. The van der Waals surface area contributed by atoms with Gasteiger partial charge in [-0.15, -0.1) is 0 Å². The average Bonchev–Trinajstić information content (AvgIpc) is 2.40. The van der Waals surface area contributed by atoms with E-state index in [0.717, 1.165) is 25.7 Å². The molecule has 1 aliphatic carbocycles. The first-order valence-electron chi connectivity index (χ1n) is 7.07. The van der Waals surface area contributed by atoms with Gasteiger partial charge in [0.05, 0.1) is 28.4 Å². The summed E-state index contributed by atoms with van der Waals surface area (Å²) in [4.78, 5) is -0.0133. The zero-order valence-corrected chi connectivity index (χ0v) is 13.0. The van der Waals surface area contributed by atoms with E-state index in [1.54, 1.807) is 6.07 Å². The fourth-order valence-corrected chi connectivity index (χ4v) is 3.62. The molecular formula is C14H23N3O3S. The molecule has 6 nitrogen and oxygen atoms in total. The van der Waals surface area contributed by atoms with Gasteiger partial charge < -0.3 is 16.2 Å². The van der Waals surface area contributed by atoms with Crippen LogP contribution in [0.5, 0.6) is 0 Å². The fraction of sp³-hybridized carbons (Fsp3) is 0.571. The Balaban J connectivity index is 2.26. The molecular weight excluding hydrogens is 290 g/mol. The van der Waals surface area contributed by atoms with Crippen molar-refractivity contribution in [1.82, 2.24) is 0 Å². The Bertz CT molecular complexity index is 618. The number of sulfonamides is 1. The van der Waals surface area contributed by atoms with Crippen molar-refractivity contribution in [2.75, 3.05) is 17.7 Å². The summed E-state index contributed by atoms with van der Waals surface area (Å²) in [5, 5.41) is 18.2. The molecule has 1 saturated carbocycles. The highest BCUT2D eigenvalue weighted by Gasteiger charge is 2.34. The fourth-order valence-electron chi connectivity index (χ4n) is 3.07. The van der Waals surface area contributed by atoms with Crippen molar-refractivity contribution in [2.45, 2.75) is 43.0 Å². The Morgan fingerprint density at radius 3 is 2.71 bits per heavy atom. The number of benzene rings is 1. The molecule has 0 aliphatic heterocycles. The number of primary sulfonamides is 1. The van der Waals surface area contributed by atoms with Crippen molar-refractivity contribution in [3.63, 3.8) is 0 Å². The van der Waals surface area contributed by atoms with Gasteiger partial charge >= 0.3 is 0 Å². The van der Waals surface area contributed by atoms with Crippen molar-refractivity contribution < 1.29 is 13.5 Å². The lowest BCUT2D eigenvalue weighted by atomic mass is 9.76. The smallest absolute Gasteiger partial charge is 0.238 e. The Morgan fingerprint density at radius 1 is 1.48 bits per heavy atom. The van der Waals surface area contributed by atoms with E-state index in [9.17, 15) is 13.5 Å². The van der Waals surface area contributed by atoms with Crippen LogP contribution in [-0.2, 0) is 10.0 Å². The number of hydrogen-bond acceptors (Lipinski definition) is 5. The number of hydrogen-bond donors (Lipinski definition) is 4. The summed E-state index contributed by atoms with van der Waals surface area (Å²) in [5.41, 5.74) is 6.47. The van der Waals surface area contributed by atoms with E-state index in [0.29, 0.717) is 17.3 Å². The number of aliphatic hydroxyl groups is 1. The second-order valence-electron chi connectivity index (χ2n) is 6.06. The summed E-state index contributed by atoms with van der Waals surface area (Å²) in [5.74, 6) is 0.531. The first-order valence-corrected chi connectivity index (χ1v) is 8.62. The molecule has 7 heteroatoms. The highest BCUT2D eigenvalue weighted by Crippen LogP contribution is 2.36. The third-order valence-electron chi connectivity index (χ3n) is 4.15. The predicted molar refractivity (Wildman–Crippen MR) is 83.3 cm³/mol. The van der Waals surface area contributed by atoms with Crippen LogP contribution < -0.4 is 16.2 Å². The molecule has 1 aromatic carbocycles. The molecule has 0 heterocycles. The van der Waals surface area contributed by atoms with Gasteiger partial charge in [0.1, 0.15) is 0 Å². The lowest BCUT2D eigenvalue weighted by Gasteiger charge is -2.40. The van der Waals surface area contributed by atoms with E-state index in [-0.39, 0.29) is 11.5 Å². The molecule has 0 aromatic heterocycles. The standard InChI is InChI=1S/C14H23N3O3S/c1-10-3-2-6-14(8-10,9-18)17-13-5-4-11(7-12(13)15)21(16,19)20/h4-5,7,10,17-18H,2-3,6,8-9,15H2,1H3,(H2,16,19,20). The van der Waals surface area contributed by atoms with Crippen LogP contribution in [0, 0.1) is 5.92 Å². The highest BCUT2D eigenvalue weighted by atomic mass is 32.2. The van der Waals surface area contributed by atoms with E-state index in [2.05, 4.69) is 12.2 Å². The van der Waals surface area contributed by atoms with Crippen LogP contribution in [0.1, 0.15) is 32.6 Å². The van der Waals surface area contributed by atoms with Gasteiger partial charge in [-0.05, 0) is 37.0 Å². The van der Waals surface area contributed by atoms with Crippen molar-refractivity contribution in [3.05, 3.63) is 18.2 Å². The maximum Gasteiger partial charge on any atom is 0.238 e.